The molecule has 1 saturated heterocycles. The van der Waals surface area contributed by atoms with Crippen LogP contribution in [0.4, 0.5) is 0 Å². The molecule has 0 spiro atoms. The first-order valence-corrected chi connectivity index (χ1v) is 5.34. The standard InChI is InChI=1S/C12H20O3/c1-6-7(2)9-8(3)10(13)12(4,5)11(14)15-9/h6,8-10,13H,1-5H3/b7-6+/t8-,9-,10-/m1/s1. The molecule has 1 rings (SSSR count). The minimum atomic E-state index is -0.802. The van der Waals surface area contributed by atoms with Gasteiger partial charge in [-0.15, -0.1) is 0 Å². The van der Waals surface area contributed by atoms with Crippen LogP contribution in [0.15, 0.2) is 11.6 Å². The summed E-state index contributed by atoms with van der Waals surface area (Å²) in [5.74, 6) is -0.381. The van der Waals surface area contributed by atoms with Crippen molar-refractivity contribution < 1.29 is 14.6 Å². The van der Waals surface area contributed by atoms with Crippen molar-refractivity contribution in [1.82, 2.24) is 0 Å². The average molecular weight is 212 g/mol. The molecule has 1 aliphatic rings. The van der Waals surface area contributed by atoms with Gasteiger partial charge >= 0.3 is 5.97 Å². The molecule has 0 unspecified atom stereocenters. The molecule has 0 aliphatic carbocycles. The van der Waals surface area contributed by atoms with Crippen molar-refractivity contribution in [2.24, 2.45) is 11.3 Å². The molecule has 0 saturated carbocycles. The number of hydrogen-bond donors (Lipinski definition) is 1. The molecule has 0 amide bonds. The van der Waals surface area contributed by atoms with E-state index in [0.29, 0.717) is 0 Å². The predicted octanol–water partition coefficient (Wildman–Crippen LogP) is 1.90. The molecule has 1 heterocycles. The summed E-state index contributed by atoms with van der Waals surface area (Å²) in [7, 11) is 0. The van der Waals surface area contributed by atoms with Crippen molar-refractivity contribution in [1.29, 1.82) is 0 Å². The summed E-state index contributed by atoms with van der Waals surface area (Å²) in [6, 6.07) is 0. The molecular formula is C12H20O3. The molecule has 15 heavy (non-hydrogen) atoms. The summed E-state index contributed by atoms with van der Waals surface area (Å²) < 4.78 is 5.37. The van der Waals surface area contributed by atoms with E-state index in [9.17, 15) is 9.90 Å². The lowest BCUT2D eigenvalue weighted by atomic mass is 9.74. The fourth-order valence-corrected chi connectivity index (χ4v) is 1.99. The second-order valence-electron chi connectivity index (χ2n) is 4.88. The van der Waals surface area contributed by atoms with Gasteiger partial charge in [-0.3, -0.25) is 4.79 Å². The van der Waals surface area contributed by atoms with Crippen molar-refractivity contribution >= 4 is 5.97 Å². The second-order valence-corrected chi connectivity index (χ2v) is 4.88. The van der Waals surface area contributed by atoms with Gasteiger partial charge in [0.05, 0.1) is 11.5 Å². The number of hydrogen-bond acceptors (Lipinski definition) is 3. The molecular weight excluding hydrogens is 192 g/mol. The van der Waals surface area contributed by atoms with Crippen LogP contribution in [0.2, 0.25) is 0 Å². The third kappa shape index (κ3) is 1.93. The number of aliphatic hydroxyl groups is 1. The predicted molar refractivity (Wildman–Crippen MR) is 58.3 cm³/mol. The Morgan fingerprint density at radius 1 is 1.53 bits per heavy atom. The highest BCUT2D eigenvalue weighted by Crippen LogP contribution is 2.37. The molecule has 0 aromatic carbocycles. The van der Waals surface area contributed by atoms with E-state index < -0.39 is 11.5 Å². The van der Waals surface area contributed by atoms with E-state index in [1.54, 1.807) is 13.8 Å². The van der Waals surface area contributed by atoms with Crippen LogP contribution in [-0.2, 0) is 9.53 Å². The van der Waals surface area contributed by atoms with Gasteiger partial charge < -0.3 is 9.84 Å². The van der Waals surface area contributed by atoms with E-state index >= 15 is 0 Å². The summed E-state index contributed by atoms with van der Waals surface area (Å²) in [6.45, 7) is 9.17. The highest BCUT2D eigenvalue weighted by molar-refractivity contribution is 5.78. The van der Waals surface area contributed by atoms with Crippen molar-refractivity contribution in [2.75, 3.05) is 0 Å². The molecule has 1 N–H and O–H groups in total. The third-order valence-corrected chi connectivity index (χ3v) is 3.38. The first kappa shape index (κ1) is 12.2. The fourth-order valence-electron chi connectivity index (χ4n) is 1.99. The summed E-state index contributed by atoms with van der Waals surface area (Å²) in [5, 5.41) is 10.1. The second kappa shape index (κ2) is 3.97. The Morgan fingerprint density at radius 3 is 2.53 bits per heavy atom. The normalized spacial score (nSPS) is 36.3. The Kier molecular flexibility index (Phi) is 3.24. The largest absolute Gasteiger partial charge is 0.457 e. The SMILES string of the molecule is C/C=C(\C)[C@H]1OC(=O)C(C)(C)[C@H](O)[C@@H]1C. The highest BCUT2D eigenvalue weighted by atomic mass is 16.6. The molecule has 1 aliphatic heterocycles. The highest BCUT2D eigenvalue weighted by Gasteiger charge is 2.48. The minimum absolute atomic E-state index is 0.0612. The summed E-state index contributed by atoms with van der Waals surface area (Å²) >= 11 is 0. The third-order valence-electron chi connectivity index (χ3n) is 3.38. The number of carbonyl (C=O) groups excluding carboxylic acids is 1. The van der Waals surface area contributed by atoms with Crippen LogP contribution in [-0.4, -0.2) is 23.3 Å². The number of cyclic esters (lactones) is 1. The van der Waals surface area contributed by atoms with Gasteiger partial charge in [-0.2, -0.15) is 0 Å². The zero-order chi connectivity index (χ0) is 11.8. The van der Waals surface area contributed by atoms with E-state index in [1.807, 2.05) is 26.8 Å². The quantitative estimate of drug-likeness (QED) is 0.533. The smallest absolute Gasteiger partial charge is 0.314 e. The lowest BCUT2D eigenvalue weighted by Gasteiger charge is -2.42. The van der Waals surface area contributed by atoms with Crippen LogP contribution >= 0.6 is 0 Å². The molecule has 0 bridgehead atoms. The summed E-state index contributed by atoms with van der Waals surface area (Å²) in [4.78, 5) is 11.7. The van der Waals surface area contributed by atoms with Gasteiger partial charge in [0.25, 0.3) is 0 Å². The minimum Gasteiger partial charge on any atom is -0.457 e. The summed E-state index contributed by atoms with van der Waals surface area (Å²) in [5.41, 5.74) is 0.189. The Morgan fingerprint density at radius 2 is 2.07 bits per heavy atom. The maximum Gasteiger partial charge on any atom is 0.314 e. The van der Waals surface area contributed by atoms with E-state index in [0.717, 1.165) is 5.57 Å². The first-order chi connectivity index (χ1) is 6.82. The Hall–Kier alpha value is -0.830. The Labute approximate surface area is 91.1 Å². The van der Waals surface area contributed by atoms with Gasteiger partial charge in [0.15, 0.2) is 0 Å². The number of carbonyl (C=O) groups is 1. The van der Waals surface area contributed by atoms with E-state index in [1.165, 1.54) is 0 Å². The zero-order valence-electron chi connectivity index (χ0n) is 10.1. The average Bonchev–Trinajstić information content (AvgIpc) is 2.20. The van der Waals surface area contributed by atoms with Crippen LogP contribution in [0.5, 0.6) is 0 Å². The van der Waals surface area contributed by atoms with Gasteiger partial charge in [-0.05, 0) is 33.3 Å². The maximum atomic E-state index is 11.7. The first-order valence-electron chi connectivity index (χ1n) is 5.34. The van der Waals surface area contributed by atoms with Gasteiger partial charge in [0.2, 0.25) is 0 Å². The molecule has 1 fully saturated rings. The van der Waals surface area contributed by atoms with Crippen molar-refractivity contribution in [3.8, 4) is 0 Å². The Bertz CT molecular complexity index is 291. The lowest BCUT2D eigenvalue weighted by molar-refractivity contribution is -0.187. The lowest BCUT2D eigenvalue weighted by Crippen LogP contribution is -2.53. The number of ether oxygens (including phenoxy) is 1. The maximum absolute atomic E-state index is 11.7. The number of rotatable bonds is 1. The van der Waals surface area contributed by atoms with Crippen LogP contribution in [0.3, 0.4) is 0 Å². The molecule has 0 aromatic rings. The molecule has 0 radical (unpaired) electrons. The van der Waals surface area contributed by atoms with E-state index in [-0.39, 0.29) is 18.0 Å². The number of allylic oxidation sites excluding steroid dienone is 1. The molecule has 0 aromatic heterocycles. The van der Waals surface area contributed by atoms with E-state index in [2.05, 4.69) is 0 Å². The number of esters is 1. The van der Waals surface area contributed by atoms with Gasteiger partial charge in [0, 0.05) is 5.92 Å². The molecule has 3 atom stereocenters. The van der Waals surface area contributed by atoms with Crippen LogP contribution < -0.4 is 0 Å². The molecule has 3 nitrogen and oxygen atoms in total. The number of aliphatic hydroxyl groups excluding tert-OH is 1. The summed E-state index contributed by atoms with van der Waals surface area (Å²) in [6.07, 6.45) is 0.976. The van der Waals surface area contributed by atoms with Crippen molar-refractivity contribution in [2.45, 2.75) is 46.8 Å². The van der Waals surface area contributed by atoms with Gasteiger partial charge in [-0.1, -0.05) is 13.0 Å². The van der Waals surface area contributed by atoms with Crippen molar-refractivity contribution in [3.63, 3.8) is 0 Å². The van der Waals surface area contributed by atoms with Crippen LogP contribution in [0.25, 0.3) is 0 Å². The van der Waals surface area contributed by atoms with Crippen LogP contribution in [0, 0.1) is 11.3 Å². The zero-order valence-corrected chi connectivity index (χ0v) is 10.1. The Balaban J connectivity index is 2.97. The van der Waals surface area contributed by atoms with Crippen LogP contribution in [0.1, 0.15) is 34.6 Å². The van der Waals surface area contributed by atoms with Gasteiger partial charge in [-0.25, -0.2) is 0 Å². The molecule has 86 valence electrons. The van der Waals surface area contributed by atoms with Gasteiger partial charge in [0.1, 0.15) is 6.10 Å². The van der Waals surface area contributed by atoms with E-state index in [4.69, 9.17) is 4.74 Å². The van der Waals surface area contributed by atoms with Crippen molar-refractivity contribution in [3.05, 3.63) is 11.6 Å². The monoisotopic (exact) mass is 212 g/mol. The fraction of sp³-hybridized carbons (Fsp3) is 0.750. The topological polar surface area (TPSA) is 46.5 Å². The molecule has 3 heteroatoms.